The maximum absolute atomic E-state index is 11.8. The van der Waals surface area contributed by atoms with Crippen LogP contribution in [-0.2, 0) is 9.53 Å². The van der Waals surface area contributed by atoms with Crippen molar-refractivity contribution in [3.63, 3.8) is 0 Å². The maximum Gasteiger partial charge on any atom is 0.333 e. The fourth-order valence-corrected chi connectivity index (χ4v) is 3.03. The zero-order chi connectivity index (χ0) is 18.8. The Morgan fingerprint density at radius 3 is 1.72 bits per heavy atom. The summed E-state index contributed by atoms with van der Waals surface area (Å²) < 4.78 is 5.63. The van der Waals surface area contributed by atoms with Gasteiger partial charge in [-0.15, -0.1) is 0 Å². The van der Waals surface area contributed by atoms with Crippen LogP contribution in [-0.4, -0.2) is 23.8 Å². The Morgan fingerprint density at radius 1 is 0.840 bits per heavy atom. The van der Waals surface area contributed by atoms with Gasteiger partial charge in [-0.25, -0.2) is 4.79 Å². The first-order valence-electron chi connectivity index (χ1n) is 10.6. The summed E-state index contributed by atoms with van der Waals surface area (Å²) in [7, 11) is 0. The summed E-state index contributed by atoms with van der Waals surface area (Å²) in [5.41, 5.74) is 0.499. The molecule has 0 aromatic heterocycles. The SMILES string of the molecule is C=C(C)C(=O)OC(CCCCCCC)CCCCCCCCCCO. The Morgan fingerprint density at radius 2 is 1.28 bits per heavy atom. The van der Waals surface area contributed by atoms with E-state index in [1.807, 2.05) is 0 Å². The largest absolute Gasteiger partial charge is 0.459 e. The number of carbonyl (C=O) groups is 1. The van der Waals surface area contributed by atoms with E-state index in [1.165, 1.54) is 57.8 Å². The van der Waals surface area contributed by atoms with Crippen LogP contribution in [0.15, 0.2) is 12.2 Å². The number of hydrogen-bond acceptors (Lipinski definition) is 3. The smallest absolute Gasteiger partial charge is 0.333 e. The summed E-state index contributed by atoms with van der Waals surface area (Å²) in [4.78, 5) is 11.8. The predicted octanol–water partition coefficient (Wildman–Crippen LogP) is 6.34. The zero-order valence-corrected chi connectivity index (χ0v) is 16.9. The molecule has 0 saturated heterocycles. The highest BCUT2D eigenvalue weighted by molar-refractivity contribution is 5.87. The third kappa shape index (κ3) is 16.4. The van der Waals surface area contributed by atoms with Crippen LogP contribution in [0.1, 0.15) is 110 Å². The molecule has 0 aliphatic rings. The lowest BCUT2D eigenvalue weighted by Gasteiger charge is -2.18. The van der Waals surface area contributed by atoms with Crippen LogP contribution in [0.3, 0.4) is 0 Å². The van der Waals surface area contributed by atoms with E-state index in [0.717, 1.165) is 38.5 Å². The highest BCUT2D eigenvalue weighted by Crippen LogP contribution is 2.17. The number of ether oxygens (including phenoxy) is 1. The van der Waals surface area contributed by atoms with Crippen molar-refractivity contribution in [2.75, 3.05) is 6.61 Å². The quantitative estimate of drug-likeness (QED) is 0.177. The van der Waals surface area contributed by atoms with Gasteiger partial charge in [-0.05, 0) is 39.0 Å². The van der Waals surface area contributed by atoms with Crippen molar-refractivity contribution in [3.8, 4) is 0 Å². The second-order valence-corrected chi connectivity index (χ2v) is 7.35. The predicted molar refractivity (Wildman–Crippen MR) is 107 cm³/mol. The normalized spacial score (nSPS) is 12.1. The van der Waals surface area contributed by atoms with Gasteiger partial charge in [-0.1, -0.05) is 77.7 Å². The van der Waals surface area contributed by atoms with Crippen LogP contribution < -0.4 is 0 Å². The minimum absolute atomic E-state index is 0.0652. The van der Waals surface area contributed by atoms with Gasteiger partial charge in [0.05, 0.1) is 0 Å². The van der Waals surface area contributed by atoms with Gasteiger partial charge in [0.1, 0.15) is 6.10 Å². The third-order valence-corrected chi connectivity index (χ3v) is 4.69. The van der Waals surface area contributed by atoms with Gasteiger partial charge in [-0.2, -0.15) is 0 Å². The van der Waals surface area contributed by atoms with E-state index in [2.05, 4.69) is 13.5 Å². The molecule has 0 saturated carbocycles. The number of unbranched alkanes of at least 4 members (excludes halogenated alkanes) is 11. The lowest BCUT2D eigenvalue weighted by Crippen LogP contribution is -2.18. The number of rotatable bonds is 18. The molecule has 3 nitrogen and oxygen atoms in total. The minimum atomic E-state index is -0.234. The Labute approximate surface area is 156 Å². The maximum atomic E-state index is 11.8. The first-order chi connectivity index (χ1) is 12.1. The van der Waals surface area contributed by atoms with Crippen LogP contribution in [0, 0.1) is 0 Å². The summed E-state index contributed by atoms with van der Waals surface area (Å²) in [5, 5.41) is 8.75. The molecule has 0 aromatic rings. The second-order valence-electron chi connectivity index (χ2n) is 7.35. The zero-order valence-electron chi connectivity index (χ0n) is 16.9. The molecule has 1 unspecified atom stereocenters. The molecule has 0 aliphatic heterocycles. The van der Waals surface area contributed by atoms with E-state index in [0.29, 0.717) is 12.2 Å². The van der Waals surface area contributed by atoms with E-state index in [1.54, 1.807) is 6.92 Å². The summed E-state index contributed by atoms with van der Waals surface area (Å²) >= 11 is 0. The van der Waals surface area contributed by atoms with E-state index < -0.39 is 0 Å². The fourth-order valence-electron chi connectivity index (χ4n) is 3.03. The van der Waals surface area contributed by atoms with Crippen LogP contribution in [0.2, 0.25) is 0 Å². The molecule has 148 valence electrons. The molecule has 0 radical (unpaired) electrons. The molecule has 0 heterocycles. The van der Waals surface area contributed by atoms with Crippen molar-refractivity contribution in [2.45, 2.75) is 116 Å². The Bertz CT molecular complexity index is 325. The van der Waals surface area contributed by atoms with Crippen LogP contribution in [0.5, 0.6) is 0 Å². The minimum Gasteiger partial charge on any atom is -0.459 e. The molecule has 1 atom stereocenters. The van der Waals surface area contributed by atoms with Crippen LogP contribution in [0.4, 0.5) is 0 Å². The molecule has 0 amide bonds. The van der Waals surface area contributed by atoms with Gasteiger partial charge in [-0.3, -0.25) is 0 Å². The number of esters is 1. The second kappa shape index (κ2) is 18.0. The third-order valence-electron chi connectivity index (χ3n) is 4.69. The first-order valence-corrected chi connectivity index (χ1v) is 10.6. The van der Waals surface area contributed by atoms with Crippen molar-refractivity contribution in [2.24, 2.45) is 0 Å². The Hall–Kier alpha value is -0.830. The molecule has 1 N–H and O–H groups in total. The van der Waals surface area contributed by atoms with E-state index >= 15 is 0 Å². The first kappa shape index (κ1) is 24.2. The van der Waals surface area contributed by atoms with Crippen molar-refractivity contribution < 1.29 is 14.6 Å². The average Bonchev–Trinajstić information content (AvgIpc) is 2.59. The number of carbonyl (C=O) groups excluding carboxylic acids is 1. The average molecular weight is 355 g/mol. The van der Waals surface area contributed by atoms with Gasteiger partial charge in [0.25, 0.3) is 0 Å². The van der Waals surface area contributed by atoms with Crippen molar-refractivity contribution in [3.05, 3.63) is 12.2 Å². The molecular weight excluding hydrogens is 312 g/mol. The van der Waals surface area contributed by atoms with E-state index in [4.69, 9.17) is 9.84 Å². The summed E-state index contributed by atoms with van der Waals surface area (Å²) in [6, 6.07) is 0. The lowest BCUT2D eigenvalue weighted by atomic mass is 10.0. The van der Waals surface area contributed by atoms with Gasteiger partial charge in [0.2, 0.25) is 0 Å². The highest BCUT2D eigenvalue weighted by Gasteiger charge is 2.14. The summed E-state index contributed by atoms with van der Waals surface area (Å²) in [6.07, 6.45) is 17.8. The van der Waals surface area contributed by atoms with Crippen LogP contribution in [0.25, 0.3) is 0 Å². The lowest BCUT2D eigenvalue weighted by molar-refractivity contribution is -0.145. The molecule has 0 spiro atoms. The highest BCUT2D eigenvalue weighted by atomic mass is 16.5. The molecular formula is C22H42O3. The van der Waals surface area contributed by atoms with Crippen molar-refractivity contribution in [1.29, 1.82) is 0 Å². The van der Waals surface area contributed by atoms with E-state index in [9.17, 15) is 4.79 Å². The molecule has 0 bridgehead atoms. The molecule has 0 aromatic carbocycles. The molecule has 0 fully saturated rings. The van der Waals surface area contributed by atoms with Gasteiger partial charge >= 0.3 is 5.97 Å². The van der Waals surface area contributed by atoms with Crippen molar-refractivity contribution >= 4 is 5.97 Å². The standard InChI is InChI=1S/C22H42O3/c1-4-5-6-11-14-17-21(25-22(24)20(2)3)18-15-12-9-7-8-10-13-16-19-23/h21,23H,2,4-19H2,1,3H3. The Balaban J connectivity index is 3.84. The van der Waals surface area contributed by atoms with Gasteiger partial charge in [0.15, 0.2) is 0 Å². The summed E-state index contributed by atoms with van der Waals surface area (Å²) in [5.74, 6) is -0.234. The van der Waals surface area contributed by atoms with Gasteiger partial charge in [0, 0.05) is 12.2 Å². The monoisotopic (exact) mass is 354 g/mol. The number of aliphatic hydroxyl groups is 1. The number of hydrogen-bond donors (Lipinski definition) is 1. The molecule has 0 rings (SSSR count). The molecule has 0 aliphatic carbocycles. The molecule has 25 heavy (non-hydrogen) atoms. The topological polar surface area (TPSA) is 46.5 Å². The Kier molecular flexibility index (Phi) is 17.4. The van der Waals surface area contributed by atoms with Gasteiger partial charge < -0.3 is 9.84 Å². The summed E-state index contributed by atoms with van der Waals surface area (Å²) in [6.45, 7) is 7.96. The van der Waals surface area contributed by atoms with Crippen molar-refractivity contribution in [1.82, 2.24) is 0 Å². The van der Waals surface area contributed by atoms with Crippen LogP contribution >= 0.6 is 0 Å². The van der Waals surface area contributed by atoms with E-state index in [-0.39, 0.29) is 12.1 Å². The fraction of sp³-hybridized carbons (Fsp3) is 0.864. The number of aliphatic hydroxyl groups excluding tert-OH is 1. The molecule has 3 heteroatoms.